The third-order valence-corrected chi connectivity index (χ3v) is 5.50. The zero-order valence-corrected chi connectivity index (χ0v) is 13.2. The van der Waals surface area contributed by atoms with Gasteiger partial charge in [-0.05, 0) is 34.6 Å². The van der Waals surface area contributed by atoms with E-state index in [9.17, 15) is 0 Å². The van der Waals surface area contributed by atoms with Crippen LogP contribution in [-0.2, 0) is 0 Å². The van der Waals surface area contributed by atoms with E-state index in [2.05, 4.69) is 84.3 Å². The molecule has 1 heterocycles. The van der Waals surface area contributed by atoms with Gasteiger partial charge in [-0.25, -0.2) is 0 Å². The fourth-order valence-corrected chi connectivity index (χ4v) is 4.29. The highest BCUT2D eigenvalue weighted by atomic mass is 32.1. The number of allylic oxidation sites excluding steroid dienone is 2. The van der Waals surface area contributed by atoms with E-state index in [0.29, 0.717) is 11.8 Å². The van der Waals surface area contributed by atoms with Crippen LogP contribution in [-0.4, -0.2) is 0 Å². The summed E-state index contributed by atoms with van der Waals surface area (Å²) in [5.41, 5.74) is 4.27. The third-order valence-electron chi connectivity index (χ3n) is 4.49. The Morgan fingerprint density at radius 1 is 0.773 bits per heavy atom. The second kappa shape index (κ2) is 5.94. The number of thiophene rings is 1. The zero-order valence-electron chi connectivity index (χ0n) is 12.4. The van der Waals surface area contributed by atoms with E-state index in [1.807, 2.05) is 11.3 Å². The highest BCUT2D eigenvalue weighted by molar-refractivity contribution is 7.10. The summed E-state index contributed by atoms with van der Waals surface area (Å²) in [6.07, 6.45) is 3.61. The summed E-state index contributed by atoms with van der Waals surface area (Å²) in [5, 5.41) is 2.19. The molecule has 1 aliphatic rings. The van der Waals surface area contributed by atoms with E-state index in [-0.39, 0.29) is 0 Å². The van der Waals surface area contributed by atoms with Gasteiger partial charge in [-0.3, -0.25) is 0 Å². The molecule has 0 saturated carbocycles. The quantitative estimate of drug-likeness (QED) is 0.548. The van der Waals surface area contributed by atoms with Gasteiger partial charge in [-0.2, -0.15) is 0 Å². The fraction of sp³-hybridized carbons (Fsp3) is 0.143. The maximum atomic E-state index is 2.48. The molecule has 108 valence electrons. The average Bonchev–Trinajstić information content (AvgIpc) is 3.26. The van der Waals surface area contributed by atoms with Gasteiger partial charge in [0.15, 0.2) is 0 Å². The molecule has 4 rings (SSSR count). The molecule has 0 fully saturated rings. The van der Waals surface area contributed by atoms with Gasteiger partial charge in [0.05, 0.1) is 0 Å². The van der Waals surface area contributed by atoms with Crippen molar-refractivity contribution in [1.29, 1.82) is 0 Å². The summed E-state index contributed by atoms with van der Waals surface area (Å²) in [4.78, 5) is 1.50. The van der Waals surface area contributed by atoms with E-state index >= 15 is 0 Å². The van der Waals surface area contributed by atoms with Crippen LogP contribution in [0.2, 0.25) is 0 Å². The van der Waals surface area contributed by atoms with Gasteiger partial charge in [0.25, 0.3) is 0 Å². The van der Waals surface area contributed by atoms with Gasteiger partial charge < -0.3 is 0 Å². The van der Waals surface area contributed by atoms with Crippen LogP contribution in [0.4, 0.5) is 0 Å². The van der Waals surface area contributed by atoms with Crippen LogP contribution in [0, 0.1) is 0 Å². The molecule has 1 heteroatoms. The maximum Gasteiger partial charge on any atom is 0.0104 e. The molecule has 2 atom stereocenters. The Bertz CT molecular complexity index is 754. The molecular weight excluding hydrogens is 284 g/mol. The lowest BCUT2D eigenvalue weighted by Gasteiger charge is -2.18. The van der Waals surface area contributed by atoms with Crippen molar-refractivity contribution < 1.29 is 0 Å². The van der Waals surface area contributed by atoms with Crippen molar-refractivity contribution in [2.45, 2.75) is 18.3 Å². The van der Waals surface area contributed by atoms with Gasteiger partial charge in [-0.1, -0.05) is 72.8 Å². The van der Waals surface area contributed by atoms with Crippen molar-refractivity contribution in [3.63, 3.8) is 0 Å². The van der Waals surface area contributed by atoms with E-state index in [0.717, 1.165) is 6.42 Å². The minimum Gasteiger partial charge on any atom is -0.149 e. The molecule has 0 radical (unpaired) electrons. The van der Waals surface area contributed by atoms with Crippen molar-refractivity contribution >= 4 is 16.9 Å². The smallest absolute Gasteiger partial charge is 0.0104 e. The first-order chi connectivity index (χ1) is 10.9. The lowest BCUT2D eigenvalue weighted by molar-refractivity contribution is 0.680. The molecule has 0 nitrogen and oxygen atoms in total. The lowest BCUT2D eigenvalue weighted by Crippen LogP contribution is -2.03. The predicted octanol–water partition coefficient (Wildman–Crippen LogP) is 6.10. The molecule has 0 bridgehead atoms. The van der Waals surface area contributed by atoms with Crippen molar-refractivity contribution in [2.75, 3.05) is 0 Å². The van der Waals surface area contributed by atoms with Gasteiger partial charge >= 0.3 is 0 Å². The Kier molecular flexibility index (Phi) is 3.65. The lowest BCUT2D eigenvalue weighted by atomic mass is 9.87. The SMILES string of the molecule is C1=C(c2ccccc2)C[C@@H](c2cccs2)[C@@H]1c1ccccc1. The average molecular weight is 302 g/mol. The minimum atomic E-state index is 0.482. The molecule has 0 aliphatic heterocycles. The summed E-state index contributed by atoms with van der Waals surface area (Å²) >= 11 is 1.88. The monoisotopic (exact) mass is 302 g/mol. The van der Waals surface area contributed by atoms with E-state index in [1.165, 1.54) is 21.6 Å². The fourth-order valence-electron chi connectivity index (χ4n) is 3.41. The highest BCUT2D eigenvalue weighted by Gasteiger charge is 2.31. The molecule has 22 heavy (non-hydrogen) atoms. The normalized spacial score (nSPS) is 20.8. The number of hydrogen-bond donors (Lipinski definition) is 0. The van der Waals surface area contributed by atoms with Crippen molar-refractivity contribution in [3.8, 4) is 0 Å². The Balaban J connectivity index is 1.75. The minimum absolute atomic E-state index is 0.482. The van der Waals surface area contributed by atoms with Crippen LogP contribution < -0.4 is 0 Å². The molecule has 2 aromatic carbocycles. The van der Waals surface area contributed by atoms with Crippen LogP contribution in [0.3, 0.4) is 0 Å². The first-order valence-electron chi connectivity index (χ1n) is 7.76. The van der Waals surface area contributed by atoms with Crippen molar-refractivity contribution in [3.05, 3.63) is 100 Å². The standard InChI is InChI=1S/C21H18S/c1-3-8-16(9-4-1)18-14-19(17-10-5-2-6-11-17)20(15-18)21-12-7-13-22-21/h1-14,19-20H,15H2/t19-,20+/m0/s1. The van der Waals surface area contributed by atoms with E-state index in [1.54, 1.807) is 0 Å². The third kappa shape index (κ3) is 2.53. The molecule has 0 amide bonds. The second-order valence-corrected chi connectivity index (χ2v) is 6.80. The summed E-state index contributed by atoms with van der Waals surface area (Å²) in [7, 11) is 0. The van der Waals surface area contributed by atoms with Crippen LogP contribution >= 0.6 is 11.3 Å². The summed E-state index contributed by atoms with van der Waals surface area (Å²) in [6, 6.07) is 26.2. The van der Waals surface area contributed by atoms with Crippen LogP contribution in [0.1, 0.15) is 34.3 Å². The van der Waals surface area contributed by atoms with Crippen LogP contribution in [0.15, 0.2) is 84.3 Å². The topological polar surface area (TPSA) is 0 Å². The molecule has 0 unspecified atom stereocenters. The Labute approximate surface area is 135 Å². The summed E-state index contributed by atoms with van der Waals surface area (Å²) in [6.45, 7) is 0. The van der Waals surface area contributed by atoms with Gasteiger partial charge in [0, 0.05) is 16.7 Å². The summed E-state index contributed by atoms with van der Waals surface area (Å²) < 4.78 is 0. The maximum absolute atomic E-state index is 2.48. The molecule has 0 saturated heterocycles. The Hall–Kier alpha value is -2.12. The molecular formula is C21H18S. The van der Waals surface area contributed by atoms with Gasteiger partial charge in [0.2, 0.25) is 0 Å². The zero-order chi connectivity index (χ0) is 14.8. The summed E-state index contributed by atoms with van der Waals surface area (Å²) in [5.74, 6) is 1.05. The second-order valence-electron chi connectivity index (χ2n) is 5.82. The number of hydrogen-bond acceptors (Lipinski definition) is 1. The van der Waals surface area contributed by atoms with Gasteiger partial charge in [0.1, 0.15) is 0 Å². The first kappa shape index (κ1) is 13.5. The molecule has 0 spiro atoms. The van der Waals surface area contributed by atoms with Crippen LogP contribution in [0.25, 0.3) is 5.57 Å². The van der Waals surface area contributed by atoms with E-state index < -0.39 is 0 Å². The number of rotatable bonds is 3. The molecule has 3 aromatic rings. The number of benzene rings is 2. The van der Waals surface area contributed by atoms with Crippen molar-refractivity contribution in [1.82, 2.24) is 0 Å². The first-order valence-corrected chi connectivity index (χ1v) is 8.64. The Morgan fingerprint density at radius 2 is 1.50 bits per heavy atom. The molecule has 1 aliphatic carbocycles. The Morgan fingerprint density at radius 3 is 2.18 bits per heavy atom. The molecule has 0 N–H and O–H groups in total. The van der Waals surface area contributed by atoms with Gasteiger partial charge in [-0.15, -0.1) is 11.3 Å². The molecule has 1 aromatic heterocycles. The predicted molar refractivity (Wildman–Crippen MR) is 95.3 cm³/mol. The highest BCUT2D eigenvalue weighted by Crippen LogP contribution is 2.48. The van der Waals surface area contributed by atoms with Crippen LogP contribution in [0.5, 0.6) is 0 Å². The van der Waals surface area contributed by atoms with Crippen molar-refractivity contribution in [2.24, 2.45) is 0 Å². The van der Waals surface area contributed by atoms with E-state index in [4.69, 9.17) is 0 Å². The largest absolute Gasteiger partial charge is 0.149 e.